The van der Waals surface area contributed by atoms with Crippen LogP contribution in [0.5, 0.6) is 0 Å². The fourth-order valence-corrected chi connectivity index (χ4v) is 1.46. The number of hydrogen-bond acceptors (Lipinski definition) is 3. The Kier molecular flexibility index (Phi) is 5.12. The van der Waals surface area contributed by atoms with E-state index in [1.165, 1.54) is 6.92 Å². The molecule has 0 aromatic heterocycles. The Labute approximate surface area is 106 Å². The maximum absolute atomic E-state index is 11.6. The third kappa shape index (κ3) is 4.35. The van der Waals surface area contributed by atoms with Crippen LogP contribution >= 0.6 is 0 Å². The average Bonchev–Trinajstić information content (AvgIpc) is 3.15. The number of aliphatic carboxylic acids is 1. The quantitative estimate of drug-likeness (QED) is 0.558. The summed E-state index contributed by atoms with van der Waals surface area (Å²) < 4.78 is 0. The third-order valence-corrected chi connectivity index (χ3v) is 3.22. The van der Waals surface area contributed by atoms with Crippen molar-refractivity contribution in [3.63, 3.8) is 0 Å². The summed E-state index contributed by atoms with van der Waals surface area (Å²) in [5, 5.41) is 14.1. The lowest BCUT2D eigenvalue weighted by molar-refractivity contribution is -0.146. The molecule has 0 bridgehead atoms. The summed E-state index contributed by atoms with van der Waals surface area (Å²) in [6.45, 7) is 3.79. The van der Waals surface area contributed by atoms with Gasteiger partial charge < -0.3 is 15.7 Å². The van der Waals surface area contributed by atoms with E-state index in [0.29, 0.717) is 13.1 Å². The molecule has 6 heteroatoms. The summed E-state index contributed by atoms with van der Waals surface area (Å²) in [6.07, 6.45) is 1.90. The second-order valence-corrected chi connectivity index (χ2v) is 4.77. The van der Waals surface area contributed by atoms with E-state index in [9.17, 15) is 14.4 Å². The minimum atomic E-state index is -0.986. The molecule has 0 aromatic rings. The molecule has 2 atom stereocenters. The van der Waals surface area contributed by atoms with E-state index in [1.54, 1.807) is 6.92 Å². The molecule has 0 heterocycles. The number of carboxylic acids is 1. The first-order valence-corrected chi connectivity index (χ1v) is 6.21. The Morgan fingerprint density at radius 2 is 1.67 bits per heavy atom. The highest BCUT2D eigenvalue weighted by molar-refractivity contribution is 5.84. The van der Waals surface area contributed by atoms with E-state index in [-0.39, 0.29) is 17.7 Å². The van der Waals surface area contributed by atoms with Gasteiger partial charge in [-0.15, -0.1) is 0 Å². The number of amides is 2. The van der Waals surface area contributed by atoms with E-state index < -0.39 is 17.8 Å². The van der Waals surface area contributed by atoms with E-state index in [4.69, 9.17) is 5.11 Å². The lowest BCUT2D eigenvalue weighted by atomic mass is 9.95. The molecule has 3 N–H and O–H groups in total. The van der Waals surface area contributed by atoms with Crippen LogP contribution in [0, 0.1) is 17.8 Å². The summed E-state index contributed by atoms with van der Waals surface area (Å²) in [5.41, 5.74) is 0. The van der Waals surface area contributed by atoms with Gasteiger partial charge in [0.2, 0.25) is 11.8 Å². The van der Waals surface area contributed by atoms with Crippen molar-refractivity contribution in [2.75, 3.05) is 13.1 Å². The molecule has 0 saturated heterocycles. The van der Waals surface area contributed by atoms with Crippen LogP contribution in [0.2, 0.25) is 0 Å². The highest BCUT2D eigenvalue weighted by atomic mass is 16.4. The first-order chi connectivity index (χ1) is 8.43. The lowest BCUT2D eigenvalue weighted by Gasteiger charge is -2.15. The van der Waals surface area contributed by atoms with E-state index in [0.717, 1.165) is 12.8 Å². The van der Waals surface area contributed by atoms with Crippen LogP contribution in [0.4, 0.5) is 0 Å². The molecule has 1 saturated carbocycles. The summed E-state index contributed by atoms with van der Waals surface area (Å²) >= 11 is 0. The Balaban J connectivity index is 2.15. The third-order valence-electron chi connectivity index (χ3n) is 3.22. The number of carbonyl (C=O) groups is 3. The summed E-state index contributed by atoms with van der Waals surface area (Å²) in [4.78, 5) is 33.6. The smallest absolute Gasteiger partial charge is 0.307 e. The maximum Gasteiger partial charge on any atom is 0.307 e. The van der Waals surface area contributed by atoms with Crippen molar-refractivity contribution >= 4 is 17.8 Å². The zero-order valence-corrected chi connectivity index (χ0v) is 10.7. The normalized spacial score (nSPS) is 17.7. The summed E-state index contributed by atoms with van der Waals surface area (Å²) in [5.74, 6) is -2.39. The van der Waals surface area contributed by atoms with Crippen LogP contribution in [0.3, 0.4) is 0 Å². The largest absolute Gasteiger partial charge is 0.481 e. The zero-order valence-electron chi connectivity index (χ0n) is 10.7. The van der Waals surface area contributed by atoms with Crippen LogP contribution in [0.15, 0.2) is 0 Å². The van der Waals surface area contributed by atoms with Gasteiger partial charge in [-0.25, -0.2) is 0 Å². The molecule has 6 nitrogen and oxygen atoms in total. The molecule has 1 fully saturated rings. The maximum atomic E-state index is 11.6. The highest BCUT2D eigenvalue weighted by Gasteiger charge is 2.29. The fourth-order valence-electron chi connectivity index (χ4n) is 1.46. The van der Waals surface area contributed by atoms with Crippen LogP contribution in [-0.4, -0.2) is 36.0 Å². The topological polar surface area (TPSA) is 95.5 Å². The second kappa shape index (κ2) is 6.37. The van der Waals surface area contributed by atoms with Crippen molar-refractivity contribution < 1.29 is 19.5 Å². The Bertz CT molecular complexity index is 339. The van der Waals surface area contributed by atoms with Gasteiger partial charge in [-0.2, -0.15) is 0 Å². The van der Waals surface area contributed by atoms with Gasteiger partial charge in [0, 0.05) is 24.9 Å². The molecule has 2 unspecified atom stereocenters. The first kappa shape index (κ1) is 14.5. The second-order valence-electron chi connectivity index (χ2n) is 4.77. The van der Waals surface area contributed by atoms with Crippen molar-refractivity contribution in [3.05, 3.63) is 0 Å². The molecule has 1 aliphatic rings. The number of carbonyl (C=O) groups excluding carboxylic acids is 2. The predicted octanol–water partition coefficient (Wildman–Crippen LogP) is -0.0144. The van der Waals surface area contributed by atoms with Crippen LogP contribution < -0.4 is 10.6 Å². The van der Waals surface area contributed by atoms with Crippen molar-refractivity contribution in [2.24, 2.45) is 17.8 Å². The van der Waals surface area contributed by atoms with E-state index in [1.807, 2.05) is 0 Å². The van der Waals surface area contributed by atoms with Gasteiger partial charge in [-0.05, 0) is 12.8 Å². The first-order valence-electron chi connectivity index (χ1n) is 6.21. The summed E-state index contributed by atoms with van der Waals surface area (Å²) in [7, 11) is 0. The molecule has 0 spiro atoms. The monoisotopic (exact) mass is 256 g/mol. The SMILES string of the molecule is CC(C(=O)O)C(C)C(=O)NCCNC(=O)C1CC1. The molecular formula is C12H20N2O4. The minimum Gasteiger partial charge on any atom is -0.481 e. The van der Waals surface area contributed by atoms with Crippen LogP contribution in [0.1, 0.15) is 26.7 Å². The lowest BCUT2D eigenvalue weighted by Crippen LogP contribution is -2.39. The number of hydrogen-bond donors (Lipinski definition) is 3. The molecule has 0 radical (unpaired) electrons. The molecule has 0 aromatic carbocycles. The average molecular weight is 256 g/mol. The van der Waals surface area contributed by atoms with Crippen LogP contribution in [-0.2, 0) is 14.4 Å². The summed E-state index contributed by atoms with van der Waals surface area (Å²) in [6, 6.07) is 0. The number of rotatable bonds is 7. The van der Waals surface area contributed by atoms with Gasteiger partial charge in [0.25, 0.3) is 0 Å². The fraction of sp³-hybridized carbons (Fsp3) is 0.750. The Hall–Kier alpha value is -1.59. The Morgan fingerprint density at radius 3 is 2.17 bits per heavy atom. The molecule has 1 rings (SSSR count). The number of carboxylic acid groups (broad SMARTS) is 1. The van der Waals surface area contributed by atoms with Crippen molar-refractivity contribution in [3.8, 4) is 0 Å². The van der Waals surface area contributed by atoms with Gasteiger partial charge in [0.05, 0.1) is 5.92 Å². The van der Waals surface area contributed by atoms with Gasteiger partial charge in [0.15, 0.2) is 0 Å². The van der Waals surface area contributed by atoms with Gasteiger partial charge in [0.1, 0.15) is 0 Å². The highest BCUT2D eigenvalue weighted by Crippen LogP contribution is 2.28. The Morgan fingerprint density at radius 1 is 1.11 bits per heavy atom. The molecule has 2 amide bonds. The molecule has 0 aliphatic heterocycles. The van der Waals surface area contributed by atoms with E-state index >= 15 is 0 Å². The van der Waals surface area contributed by atoms with Crippen LogP contribution in [0.25, 0.3) is 0 Å². The van der Waals surface area contributed by atoms with Gasteiger partial charge >= 0.3 is 5.97 Å². The van der Waals surface area contributed by atoms with Gasteiger partial charge in [-0.3, -0.25) is 14.4 Å². The standard InChI is InChI=1S/C12H20N2O4/c1-7(8(2)12(17)18)10(15)13-5-6-14-11(16)9-3-4-9/h7-9H,3-6H2,1-2H3,(H,13,15)(H,14,16)(H,17,18). The molecule has 18 heavy (non-hydrogen) atoms. The number of nitrogens with one attached hydrogen (secondary N) is 2. The minimum absolute atomic E-state index is 0.0381. The molecular weight excluding hydrogens is 236 g/mol. The van der Waals surface area contributed by atoms with Crippen molar-refractivity contribution in [1.29, 1.82) is 0 Å². The molecule has 1 aliphatic carbocycles. The van der Waals surface area contributed by atoms with Gasteiger partial charge in [-0.1, -0.05) is 13.8 Å². The molecule has 102 valence electrons. The van der Waals surface area contributed by atoms with Crippen molar-refractivity contribution in [2.45, 2.75) is 26.7 Å². The van der Waals surface area contributed by atoms with E-state index in [2.05, 4.69) is 10.6 Å². The predicted molar refractivity (Wildman–Crippen MR) is 64.7 cm³/mol. The van der Waals surface area contributed by atoms with Crippen molar-refractivity contribution in [1.82, 2.24) is 10.6 Å². The zero-order chi connectivity index (χ0) is 13.7.